The molecule has 0 saturated heterocycles. The molecule has 0 unspecified atom stereocenters. The molecular weight excluding hydrogens is 243 g/mol. The molecule has 0 spiro atoms. The second-order valence-electron chi connectivity index (χ2n) is 3.64. The van der Waals surface area contributed by atoms with Gasteiger partial charge in [0.15, 0.2) is 0 Å². The van der Waals surface area contributed by atoms with Gasteiger partial charge in [-0.05, 0) is 26.7 Å². The highest BCUT2D eigenvalue weighted by molar-refractivity contribution is 7.53. The number of ketones is 1. The Balaban J connectivity index is 3.95. The van der Waals surface area contributed by atoms with Gasteiger partial charge in [-0.15, -0.1) is 0 Å². The summed E-state index contributed by atoms with van der Waals surface area (Å²) in [6, 6.07) is 0. The lowest BCUT2D eigenvalue weighted by Gasteiger charge is -2.16. The monoisotopic (exact) mass is 266 g/mol. The number of hydrogen-bond acceptors (Lipinski definition) is 5. The van der Waals surface area contributed by atoms with Crippen molar-refractivity contribution in [1.29, 1.82) is 0 Å². The van der Waals surface area contributed by atoms with Crippen LogP contribution in [-0.2, 0) is 18.4 Å². The van der Waals surface area contributed by atoms with Gasteiger partial charge in [0.1, 0.15) is 5.78 Å². The standard InChI is InChI=1S/C11H23O5P/c1-3-15-17(14,16-4-2)10-8-11(13)7-5-6-9-12/h12H,3-10H2,1-2H3. The van der Waals surface area contributed by atoms with Crippen molar-refractivity contribution in [1.82, 2.24) is 0 Å². The Hall–Kier alpha value is -0.220. The minimum absolute atomic E-state index is 0.0399. The van der Waals surface area contributed by atoms with Gasteiger partial charge < -0.3 is 14.2 Å². The predicted octanol–water partition coefficient (Wildman–Crippen LogP) is 2.37. The summed E-state index contributed by atoms with van der Waals surface area (Å²) in [7, 11) is -3.08. The Kier molecular flexibility index (Phi) is 9.65. The fourth-order valence-corrected chi connectivity index (χ4v) is 3.02. The SMILES string of the molecule is CCOP(=O)(CCC(=O)CCCCO)OCC. The second kappa shape index (κ2) is 9.77. The molecule has 0 aliphatic rings. The summed E-state index contributed by atoms with van der Waals surface area (Å²) in [6.07, 6.45) is 2.07. The zero-order chi connectivity index (χ0) is 13.1. The molecule has 1 N–H and O–H groups in total. The molecule has 0 saturated carbocycles. The van der Waals surface area contributed by atoms with E-state index in [1.54, 1.807) is 13.8 Å². The van der Waals surface area contributed by atoms with Crippen LogP contribution in [0.3, 0.4) is 0 Å². The summed E-state index contributed by atoms with van der Waals surface area (Å²) in [5.74, 6) is 0.0399. The molecule has 0 amide bonds. The summed E-state index contributed by atoms with van der Waals surface area (Å²) in [5, 5.41) is 8.58. The molecule has 102 valence electrons. The van der Waals surface area contributed by atoms with Gasteiger partial charge in [0, 0.05) is 19.4 Å². The third-order valence-electron chi connectivity index (χ3n) is 2.18. The molecular formula is C11H23O5P. The van der Waals surface area contributed by atoms with Crippen molar-refractivity contribution in [2.24, 2.45) is 0 Å². The number of rotatable bonds is 11. The third-order valence-corrected chi connectivity index (χ3v) is 4.25. The molecule has 0 aromatic heterocycles. The molecule has 0 atom stereocenters. The van der Waals surface area contributed by atoms with E-state index in [9.17, 15) is 9.36 Å². The predicted molar refractivity (Wildman–Crippen MR) is 66.3 cm³/mol. The molecule has 5 nitrogen and oxygen atoms in total. The van der Waals surface area contributed by atoms with Gasteiger partial charge in [-0.25, -0.2) is 0 Å². The first-order valence-electron chi connectivity index (χ1n) is 6.08. The van der Waals surface area contributed by atoms with E-state index in [0.717, 1.165) is 0 Å². The normalized spacial score (nSPS) is 11.7. The van der Waals surface area contributed by atoms with Crippen LogP contribution in [0.15, 0.2) is 0 Å². The van der Waals surface area contributed by atoms with Crippen LogP contribution < -0.4 is 0 Å². The molecule has 0 bridgehead atoms. The van der Waals surface area contributed by atoms with Gasteiger partial charge in [-0.3, -0.25) is 9.36 Å². The van der Waals surface area contributed by atoms with E-state index in [1.807, 2.05) is 0 Å². The van der Waals surface area contributed by atoms with E-state index in [-0.39, 0.29) is 25.0 Å². The quantitative estimate of drug-likeness (QED) is 0.459. The molecule has 0 radical (unpaired) electrons. The fraction of sp³-hybridized carbons (Fsp3) is 0.909. The van der Waals surface area contributed by atoms with Gasteiger partial charge in [-0.2, -0.15) is 0 Å². The van der Waals surface area contributed by atoms with Crippen molar-refractivity contribution in [2.75, 3.05) is 26.0 Å². The summed E-state index contributed by atoms with van der Waals surface area (Å²) in [4.78, 5) is 11.5. The minimum Gasteiger partial charge on any atom is -0.396 e. The zero-order valence-corrected chi connectivity index (χ0v) is 11.6. The molecule has 0 aromatic carbocycles. The third kappa shape index (κ3) is 8.50. The lowest BCUT2D eigenvalue weighted by atomic mass is 10.1. The van der Waals surface area contributed by atoms with Crippen LogP contribution in [0.2, 0.25) is 0 Å². The van der Waals surface area contributed by atoms with Crippen molar-refractivity contribution in [3.63, 3.8) is 0 Å². The zero-order valence-electron chi connectivity index (χ0n) is 10.7. The van der Waals surface area contributed by atoms with Crippen LogP contribution in [0.25, 0.3) is 0 Å². The van der Waals surface area contributed by atoms with E-state index >= 15 is 0 Å². The Labute approximate surface area is 103 Å². The Bertz CT molecular complexity index is 244. The number of aliphatic hydroxyl groups is 1. The summed E-state index contributed by atoms with van der Waals surface area (Å²) < 4.78 is 22.2. The lowest BCUT2D eigenvalue weighted by molar-refractivity contribution is -0.118. The molecule has 0 heterocycles. The minimum atomic E-state index is -3.08. The highest BCUT2D eigenvalue weighted by Crippen LogP contribution is 2.48. The maximum atomic E-state index is 12.0. The summed E-state index contributed by atoms with van der Waals surface area (Å²) in [6.45, 7) is 4.22. The van der Waals surface area contributed by atoms with Crippen molar-refractivity contribution >= 4 is 13.4 Å². The van der Waals surface area contributed by atoms with Gasteiger partial charge >= 0.3 is 7.60 Å². The number of aliphatic hydroxyl groups excluding tert-OH is 1. The van der Waals surface area contributed by atoms with Gasteiger partial charge in [0.05, 0.1) is 19.4 Å². The van der Waals surface area contributed by atoms with Crippen molar-refractivity contribution in [2.45, 2.75) is 39.5 Å². The smallest absolute Gasteiger partial charge is 0.331 e. The van der Waals surface area contributed by atoms with Gasteiger partial charge in [0.2, 0.25) is 0 Å². The van der Waals surface area contributed by atoms with Gasteiger partial charge in [0.25, 0.3) is 0 Å². The first-order valence-corrected chi connectivity index (χ1v) is 7.81. The van der Waals surface area contributed by atoms with E-state index in [4.69, 9.17) is 14.2 Å². The maximum Gasteiger partial charge on any atom is 0.331 e. The first kappa shape index (κ1) is 16.8. The molecule has 17 heavy (non-hydrogen) atoms. The number of unbranched alkanes of at least 4 members (excludes halogenated alkanes) is 1. The topological polar surface area (TPSA) is 72.8 Å². The van der Waals surface area contributed by atoms with Crippen molar-refractivity contribution < 1.29 is 23.5 Å². The second-order valence-corrected chi connectivity index (χ2v) is 5.82. The number of hydrogen-bond donors (Lipinski definition) is 1. The summed E-state index contributed by atoms with van der Waals surface area (Å²) in [5.41, 5.74) is 0. The highest BCUT2D eigenvalue weighted by Gasteiger charge is 2.24. The van der Waals surface area contributed by atoms with Crippen LogP contribution in [0, 0.1) is 0 Å². The van der Waals surface area contributed by atoms with Crippen LogP contribution in [0.5, 0.6) is 0 Å². The van der Waals surface area contributed by atoms with Crippen LogP contribution >= 0.6 is 7.60 Å². The van der Waals surface area contributed by atoms with E-state index in [1.165, 1.54) is 0 Å². The maximum absolute atomic E-state index is 12.0. The molecule has 0 fully saturated rings. The Morgan fingerprint density at radius 3 is 2.18 bits per heavy atom. The van der Waals surface area contributed by atoms with Crippen molar-refractivity contribution in [3.05, 3.63) is 0 Å². The first-order chi connectivity index (χ1) is 8.08. The van der Waals surface area contributed by atoms with Crippen molar-refractivity contribution in [3.8, 4) is 0 Å². The average molecular weight is 266 g/mol. The van der Waals surface area contributed by atoms with E-state index in [2.05, 4.69) is 0 Å². The van der Waals surface area contributed by atoms with E-state index < -0.39 is 7.60 Å². The van der Waals surface area contributed by atoms with Gasteiger partial charge in [-0.1, -0.05) is 0 Å². The highest BCUT2D eigenvalue weighted by atomic mass is 31.2. The molecule has 6 heteroatoms. The summed E-state index contributed by atoms with van der Waals surface area (Å²) >= 11 is 0. The van der Waals surface area contributed by atoms with Crippen LogP contribution in [0.4, 0.5) is 0 Å². The number of Topliss-reactive ketones (excluding diaryl/α,β-unsaturated/α-hetero) is 1. The molecule has 0 aliphatic carbocycles. The number of carbonyl (C=O) groups is 1. The van der Waals surface area contributed by atoms with Crippen LogP contribution in [-0.4, -0.2) is 36.9 Å². The molecule has 0 aromatic rings. The number of carbonyl (C=O) groups excluding carboxylic acids is 1. The van der Waals surface area contributed by atoms with E-state index in [0.29, 0.717) is 32.5 Å². The largest absolute Gasteiger partial charge is 0.396 e. The fourth-order valence-electron chi connectivity index (χ4n) is 1.38. The molecule has 0 rings (SSSR count). The lowest BCUT2D eigenvalue weighted by Crippen LogP contribution is -2.06. The average Bonchev–Trinajstić information content (AvgIpc) is 2.28. The van der Waals surface area contributed by atoms with Crippen LogP contribution in [0.1, 0.15) is 39.5 Å². The molecule has 0 aliphatic heterocycles. The Morgan fingerprint density at radius 2 is 1.71 bits per heavy atom. The Morgan fingerprint density at radius 1 is 1.12 bits per heavy atom.